The Hall–Kier alpha value is -0.890. The van der Waals surface area contributed by atoms with Crippen molar-refractivity contribution in [3.05, 3.63) is 29.6 Å². The topological polar surface area (TPSA) is 38.9 Å². The molecule has 1 unspecified atom stereocenters. The number of nitrogens with zero attached hydrogens (tertiary/aromatic N) is 1. The van der Waals surface area contributed by atoms with Crippen molar-refractivity contribution in [3.8, 4) is 0 Å². The van der Waals surface area contributed by atoms with Crippen LogP contribution in [0.2, 0.25) is 0 Å². The molecule has 0 saturated heterocycles. The minimum Gasteiger partial charge on any atom is -0.323 e. The maximum absolute atomic E-state index is 5.78. The van der Waals surface area contributed by atoms with Gasteiger partial charge in [-0.05, 0) is 25.0 Å². The van der Waals surface area contributed by atoms with Crippen molar-refractivity contribution in [3.63, 3.8) is 0 Å². The van der Waals surface area contributed by atoms with Gasteiger partial charge in [0, 0.05) is 12.2 Å². The molecule has 1 aromatic rings. The molecule has 0 fully saturated rings. The molecule has 0 saturated carbocycles. The van der Waals surface area contributed by atoms with Gasteiger partial charge in [-0.3, -0.25) is 4.98 Å². The Morgan fingerprint density at radius 3 is 2.73 bits per heavy atom. The van der Waals surface area contributed by atoms with Gasteiger partial charge in [0.2, 0.25) is 0 Å². The molecule has 0 aliphatic heterocycles. The summed E-state index contributed by atoms with van der Waals surface area (Å²) in [7, 11) is 0. The number of hydrogen-bond donors (Lipinski definition) is 1. The first-order valence-corrected chi connectivity index (χ1v) is 3.92. The van der Waals surface area contributed by atoms with Gasteiger partial charge >= 0.3 is 0 Å². The molecule has 1 atom stereocenters. The van der Waals surface area contributed by atoms with E-state index in [2.05, 4.69) is 11.9 Å². The fourth-order valence-electron chi connectivity index (χ4n) is 0.908. The van der Waals surface area contributed by atoms with Gasteiger partial charge in [-0.1, -0.05) is 13.0 Å². The lowest BCUT2D eigenvalue weighted by Gasteiger charge is -2.06. The van der Waals surface area contributed by atoms with Crippen molar-refractivity contribution in [1.82, 2.24) is 4.98 Å². The molecular formula is C9H14N2. The van der Waals surface area contributed by atoms with Crippen molar-refractivity contribution in [2.24, 2.45) is 5.73 Å². The number of aromatic nitrogens is 1. The Kier molecular flexibility index (Phi) is 2.60. The predicted molar refractivity (Wildman–Crippen MR) is 46.2 cm³/mol. The monoisotopic (exact) mass is 150 g/mol. The van der Waals surface area contributed by atoms with E-state index in [1.54, 1.807) is 0 Å². The smallest absolute Gasteiger partial charge is 0.0571 e. The fraction of sp³-hybridized carbons (Fsp3) is 0.444. The van der Waals surface area contributed by atoms with E-state index in [1.807, 2.05) is 25.3 Å². The Morgan fingerprint density at radius 1 is 1.55 bits per heavy atom. The van der Waals surface area contributed by atoms with Gasteiger partial charge in [-0.2, -0.15) is 0 Å². The highest BCUT2D eigenvalue weighted by Crippen LogP contribution is 2.10. The van der Waals surface area contributed by atoms with Crippen molar-refractivity contribution in [2.45, 2.75) is 26.3 Å². The molecule has 11 heavy (non-hydrogen) atoms. The maximum Gasteiger partial charge on any atom is 0.0571 e. The van der Waals surface area contributed by atoms with E-state index >= 15 is 0 Å². The molecule has 0 bridgehead atoms. The van der Waals surface area contributed by atoms with Crippen LogP contribution < -0.4 is 5.73 Å². The number of aryl methyl sites for hydroxylation is 1. The predicted octanol–water partition coefficient (Wildman–Crippen LogP) is 1.80. The second kappa shape index (κ2) is 3.49. The Morgan fingerprint density at radius 2 is 2.27 bits per heavy atom. The summed E-state index contributed by atoms with van der Waals surface area (Å²) in [5.74, 6) is 0. The first-order chi connectivity index (χ1) is 5.24. The van der Waals surface area contributed by atoms with Crippen molar-refractivity contribution in [2.75, 3.05) is 0 Å². The molecular weight excluding hydrogens is 136 g/mol. The van der Waals surface area contributed by atoms with Crippen LogP contribution >= 0.6 is 0 Å². The third-order valence-corrected chi connectivity index (χ3v) is 1.75. The van der Waals surface area contributed by atoms with E-state index in [4.69, 9.17) is 5.73 Å². The van der Waals surface area contributed by atoms with Crippen LogP contribution in [0.3, 0.4) is 0 Å². The highest BCUT2D eigenvalue weighted by molar-refractivity contribution is 5.14. The lowest BCUT2D eigenvalue weighted by Crippen LogP contribution is -2.10. The van der Waals surface area contributed by atoms with Crippen LogP contribution in [0, 0.1) is 6.92 Å². The summed E-state index contributed by atoms with van der Waals surface area (Å²) < 4.78 is 0. The lowest BCUT2D eigenvalue weighted by molar-refractivity contribution is 0.675. The Labute approximate surface area is 67.5 Å². The molecule has 0 aliphatic carbocycles. The maximum atomic E-state index is 5.78. The van der Waals surface area contributed by atoms with Crippen LogP contribution in [-0.4, -0.2) is 4.98 Å². The van der Waals surface area contributed by atoms with E-state index in [9.17, 15) is 0 Å². The molecule has 2 nitrogen and oxygen atoms in total. The molecule has 0 spiro atoms. The highest BCUT2D eigenvalue weighted by atomic mass is 14.8. The summed E-state index contributed by atoms with van der Waals surface area (Å²) in [4.78, 5) is 4.22. The van der Waals surface area contributed by atoms with Gasteiger partial charge in [-0.25, -0.2) is 0 Å². The molecule has 0 aliphatic rings. The zero-order chi connectivity index (χ0) is 8.27. The zero-order valence-corrected chi connectivity index (χ0v) is 7.04. The highest BCUT2D eigenvalue weighted by Gasteiger charge is 2.02. The van der Waals surface area contributed by atoms with E-state index < -0.39 is 0 Å². The summed E-state index contributed by atoms with van der Waals surface area (Å²) in [5.41, 5.74) is 7.94. The van der Waals surface area contributed by atoms with Gasteiger partial charge in [0.05, 0.1) is 5.69 Å². The number of nitrogens with two attached hydrogens (primary N) is 1. The molecule has 0 aromatic carbocycles. The molecule has 0 radical (unpaired) electrons. The van der Waals surface area contributed by atoms with Crippen LogP contribution in [0.25, 0.3) is 0 Å². The zero-order valence-electron chi connectivity index (χ0n) is 7.04. The van der Waals surface area contributed by atoms with Gasteiger partial charge in [0.1, 0.15) is 0 Å². The third-order valence-electron chi connectivity index (χ3n) is 1.75. The largest absolute Gasteiger partial charge is 0.323 e. The molecule has 1 heterocycles. The Balaban J connectivity index is 2.81. The molecule has 60 valence electrons. The average Bonchev–Trinajstić information content (AvgIpc) is 2.05. The lowest BCUT2D eigenvalue weighted by atomic mass is 10.1. The van der Waals surface area contributed by atoms with Crippen LogP contribution in [0.1, 0.15) is 30.6 Å². The summed E-state index contributed by atoms with van der Waals surface area (Å²) in [6.45, 7) is 4.08. The molecule has 2 heteroatoms. The molecule has 2 N–H and O–H groups in total. The van der Waals surface area contributed by atoms with Crippen molar-refractivity contribution < 1.29 is 0 Å². The van der Waals surface area contributed by atoms with Gasteiger partial charge < -0.3 is 5.73 Å². The quantitative estimate of drug-likeness (QED) is 0.698. The minimum atomic E-state index is 0.0931. The average molecular weight is 150 g/mol. The summed E-state index contributed by atoms with van der Waals surface area (Å²) in [5, 5.41) is 0. The van der Waals surface area contributed by atoms with Crippen LogP contribution in [-0.2, 0) is 0 Å². The molecule has 1 rings (SSSR count). The Bertz CT molecular complexity index is 216. The van der Waals surface area contributed by atoms with Crippen molar-refractivity contribution >= 4 is 0 Å². The third kappa shape index (κ3) is 2.02. The first-order valence-electron chi connectivity index (χ1n) is 3.92. The second-order valence-corrected chi connectivity index (χ2v) is 2.78. The summed E-state index contributed by atoms with van der Waals surface area (Å²) in [6.07, 6.45) is 2.79. The first kappa shape index (κ1) is 8.21. The van der Waals surface area contributed by atoms with E-state index in [1.165, 1.54) is 5.56 Å². The van der Waals surface area contributed by atoms with Crippen LogP contribution in [0.15, 0.2) is 18.3 Å². The number of rotatable bonds is 2. The molecule has 0 amide bonds. The number of hydrogen-bond acceptors (Lipinski definition) is 2. The van der Waals surface area contributed by atoms with E-state index in [0.717, 1.165) is 12.1 Å². The minimum absolute atomic E-state index is 0.0931. The normalized spacial score (nSPS) is 13.0. The van der Waals surface area contributed by atoms with Crippen molar-refractivity contribution in [1.29, 1.82) is 0 Å². The number of pyridine rings is 1. The summed E-state index contributed by atoms with van der Waals surface area (Å²) >= 11 is 0. The van der Waals surface area contributed by atoms with Crippen LogP contribution in [0.5, 0.6) is 0 Å². The SMILES string of the molecule is CCC(N)c1ccc(C)cn1. The standard InChI is InChI=1S/C9H14N2/c1-3-8(10)9-5-4-7(2)6-11-9/h4-6,8H,3,10H2,1-2H3. The van der Waals surface area contributed by atoms with Gasteiger partial charge in [0.25, 0.3) is 0 Å². The van der Waals surface area contributed by atoms with E-state index in [0.29, 0.717) is 0 Å². The van der Waals surface area contributed by atoms with Gasteiger partial charge in [-0.15, -0.1) is 0 Å². The van der Waals surface area contributed by atoms with Gasteiger partial charge in [0.15, 0.2) is 0 Å². The van der Waals surface area contributed by atoms with E-state index in [-0.39, 0.29) is 6.04 Å². The second-order valence-electron chi connectivity index (χ2n) is 2.78. The van der Waals surface area contributed by atoms with Crippen LogP contribution in [0.4, 0.5) is 0 Å². The molecule has 1 aromatic heterocycles. The summed E-state index contributed by atoms with van der Waals surface area (Å²) in [6, 6.07) is 4.12. The fourth-order valence-corrected chi connectivity index (χ4v) is 0.908.